The summed E-state index contributed by atoms with van der Waals surface area (Å²) in [6, 6.07) is 2.41. The summed E-state index contributed by atoms with van der Waals surface area (Å²) in [5, 5.41) is 9.47. The number of nitrogens with zero attached hydrogens (tertiary/aromatic N) is 1. The Morgan fingerprint density at radius 2 is 1.78 bits per heavy atom. The lowest BCUT2D eigenvalue weighted by Crippen LogP contribution is -2.52. The monoisotopic (exact) mass is 269 g/mol. The third-order valence-electron chi connectivity index (χ3n) is 3.68. The van der Waals surface area contributed by atoms with Gasteiger partial charge in [-0.3, -0.25) is 0 Å². The molecule has 0 aromatic heterocycles. The summed E-state index contributed by atoms with van der Waals surface area (Å²) in [6.45, 7) is 8.44. The first-order valence-electron chi connectivity index (χ1n) is 6.72. The van der Waals surface area contributed by atoms with Gasteiger partial charge in [-0.1, -0.05) is 0 Å². The zero-order chi connectivity index (χ0) is 13.3. The summed E-state index contributed by atoms with van der Waals surface area (Å²) in [6.07, 6.45) is 3.25. The van der Waals surface area contributed by atoms with Crippen molar-refractivity contribution < 1.29 is 13.9 Å². The molecule has 102 valence electrons. The largest absolute Gasteiger partial charge is 0.400 e. The van der Waals surface area contributed by atoms with Crippen LogP contribution in [0.25, 0.3) is 0 Å². The first kappa shape index (κ1) is 14.0. The SMILES string of the molecule is C[Si](C)(C)OC1(C#N)CCC2(CC1)COCCO2. The second kappa shape index (κ2) is 4.93. The van der Waals surface area contributed by atoms with Crippen molar-refractivity contribution in [1.29, 1.82) is 5.26 Å². The Kier molecular flexibility index (Phi) is 3.84. The number of hydrogen-bond acceptors (Lipinski definition) is 4. The van der Waals surface area contributed by atoms with Gasteiger partial charge in [0.1, 0.15) is 5.60 Å². The van der Waals surface area contributed by atoms with Crippen molar-refractivity contribution in [3.05, 3.63) is 0 Å². The molecule has 0 aromatic rings. The third-order valence-corrected chi connectivity index (χ3v) is 4.68. The number of ether oxygens (including phenoxy) is 2. The standard InChI is InChI=1S/C13H23NO3Si/c1-18(2,3)17-12(10-14)4-6-13(7-5-12)11-15-8-9-16-13/h4-9,11H2,1-3H3. The Hall–Kier alpha value is -0.413. The van der Waals surface area contributed by atoms with Crippen molar-refractivity contribution in [2.45, 2.75) is 56.5 Å². The molecule has 0 atom stereocenters. The summed E-state index contributed by atoms with van der Waals surface area (Å²) in [7, 11) is -1.69. The Morgan fingerprint density at radius 3 is 2.22 bits per heavy atom. The molecular formula is C13H23NO3Si. The summed E-state index contributed by atoms with van der Waals surface area (Å²) in [5.41, 5.74) is -0.738. The molecule has 0 bridgehead atoms. The lowest BCUT2D eigenvalue weighted by molar-refractivity contribution is -0.182. The zero-order valence-electron chi connectivity index (χ0n) is 11.6. The highest BCUT2D eigenvalue weighted by molar-refractivity contribution is 6.69. The number of hydrogen-bond donors (Lipinski definition) is 0. The first-order valence-corrected chi connectivity index (χ1v) is 10.1. The minimum atomic E-state index is -1.69. The zero-order valence-corrected chi connectivity index (χ0v) is 12.6. The van der Waals surface area contributed by atoms with Gasteiger partial charge in [0.25, 0.3) is 0 Å². The quantitative estimate of drug-likeness (QED) is 0.723. The van der Waals surface area contributed by atoms with E-state index in [0.717, 1.165) is 25.7 Å². The minimum absolute atomic E-state index is 0.151. The van der Waals surface area contributed by atoms with Crippen LogP contribution in [0.5, 0.6) is 0 Å². The van der Waals surface area contributed by atoms with Crippen molar-refractivity contribution >= 4 is 8.32 Å². The molecule has 0 aromatic carbocycles. The van der Waals surface area contributed by atoms with Gasteiger partial charge in [-0.05, 0) is 45.3 Å². The Labute approximate surface area is 110 Å². The van der Waals surface area contributed by atoms with Crippen LogP contribution in [-0.4, -0.2) is 39.3 Å². The predicted octanol–water partition coefficient (Wildman–Crippen LogP) is 2.46. The van der Waals surface area contributed by atoms with Gasteiger partial charge in [-0.2, -0.15) is 5.26 Å². The Balaban J connectivity index is 2.01. The lowest BCUT2D eigenvalue weighted by Gasteiger charge is -2.46. The van der Waals surface area contributed by atoms with Crippen LogP contribution in [0, 0.1) is 11.3 Å². The molecule has 2 aliphatic rings. The molecule has 5 heteroatoms. The Morgan fingerprint density at radius 1 is 1.11 bits per heavy atom. The van der Waals surface area contributed by atoms with Crippen molar-refractivity contribution in [3.8, 4) is 6.07 Å². The van der Waals surface area contributed by atoms with E-state index in [1.807, 2.05) is 0 Å². The average Bonchev–Trinajstić information content (AvgIpc) is 2.32. The minimum Gasteiger partial charge on any atom is -0.400 e. The summed E-state index contributed by atoms with van der Waals surface area (Å²) < 4.78 is 17.6. The molecule has 1 heterocycles. The van der Waals surface area contributed by atoms with Crippen LogP contribution in [0.3, 0.4) is 0 Å². The molecular weight excluding hydrogens is 246 g/mol. The highest BCUT2D eigenvalue weighted by Gasteiger charge is 2.47. The first-order chi connectivity index (χ1) is 8.39. The van der Waals surface area contributed by atoms with Gasteiger partial charge in [-0.25, -0.2) is 0 Å². The fourth-order valence-corrected chi connectivity index (χ4v) is 4.26. The van der Waals surface area contributed by atoms with Crippen molar-refractivity contribution in [3.63, 3.8) is 0 Å². The van der Waals surface area contributed by atoms with Crippen molar-refractivity contribution in [2.24, 2.45) is 0 Å². The van der Waals surface area contributed by atoms with Crippen molar-refractivity contribution in [2.75, 3.05) is 19.8 Å². The van der Waals surface area contributed by atoms with Crippen molar-refractivity contribution in [1.82, 2.24) is 0 Å². The lowest BCUT2D eigenvalue weighted by atomic mass is 9.76. The summed E-state index contributed by atoms with van der Waals surface area (Å²) in [4.78, 5) is 0. The molecule has 2 fully saturated rings. The summed E-state index contributed by atoms with van der Waals surface area (Å²) in [5.74, 6) is 0. The van der Waals surface area contributed by atoms with Gasteiger partial charge in [0.15, 0.2) is 8.32 Å². The van der Waals surface area contributed by atoms with Crippen LogP contribution in [0.15, 0.2) is 0 Å². The molecule has 1 saturated carbocycles. The van der Waals surface area contributed by atoms with Crippen LogP contribution in [0.2, 0.25) is 19.6 Å². The van der Waals surface area contributed by atoms with E-state index in [2.05, 4.69) is 25.7 Å². The maximum absolute atomic E-state index is 9.47. The smallest absolute Gasteiger partial charge is 0.185 e. The molecule has 1 saturated heterocycles. The van der Waals surface area contributed by atoms with Gasteiger partial charge in [0.05, 0.1) is 31.5 Å². The van der Waals surface area contributed by atoms with E-state index in [4.69, 9.17) is 13.9 Å². The third kappa shape index (κ3) is 3.12. The fourth-order valence-electron chi connectivity index (χ4n) is 2.84. The molecule has 18 heavy (non-hydrogen) atoms. The van der Waals surface area contributed by atoms with Crippen LogP contribution in [0.1, 0.15) is 25.7 Å². The van der Waals surface area contributed by atoms with E-state index in [9.17, 15) is 5.26 Å². The maximum Gasteiger partial charge on any atom is 0.185 e. The van der Waals surface area contributed by atoms with E-state index in [0.29, 0.717) is 19.8 Å². The molecule has 0 N–H and O–H groups in total. The van der Waals surface area contributed by atoms with E-state index < -0.39 is 13.9 Å². The molecule has 0 unspecified atom stereocenters. The van der Waals surface area contributed by atoms with Crippen LogP contribution in [0.4, 0.5) is 0 Å². The fraction of sp³-hybridized carbons (Fsp3) is 0.923. The van der Waals surface area contributed by atoms with Gasteiger partial charge in [-0.15, -0.1) is 0 Å². The van der Waals surface area contributed by atoms with Crippen LogP contribution < -0.4 is 0 Å². The highest BCUT2D eigenvalue weighted by atomic mass is 28.4. The maximum atomic E-state index is 9.47. The molecule has 4 nitrogen and oxygen atoms in total. The normalized spacial score (nSPS) is 37.4. The highest BCUT2D eigenvalue weighted by Crippen LogP contribution is 2.41. The second-order valence-corrected chi connectivity index (χ2v) is 10.8. The van der Waals surface area contributed by atoms with E-state index in [-0.39, 0.29) is 5.60 Å². The predicted molar refractivity (Wildman–Crippen MR) is 70.7 cm³/mol. The van der Waals surface area contributed by atoms with Gasteiger partial charge in [0.2, 0.25) is 0 Å². The Bertz CT molecular complexity index is 329. The topological polar surface area (TPSA) is 51.5 Å². The van der Waals surface area contributed by atoms with Crippen LogP contribution >= 0.6 is 0 Å². The van der Waals surface area contributed by atoms with Crippen LogP contribution in [-0.2, 0) is 13.9 Å². The van der Waals surface area contributed by atoms with E-state index >= 15 is 0 Å². The van der Waals surface area contributed by atoms with Gasteiger partial charge < -0.3 is 13.9 Å². The summed E-state index contributed by atoms with van der Waals surface area (Å²) >= 11 is 0. The molecule has 1 aliphatic heterocycles. The molecule has 0 radical (unpaired) electrons. The van der Waals surface area contributed by atoms with Gasteiger partial charge >= 0.3 is 0 Å². The molecule has 2 rings (SSSR count). The van der Waals surface area contributed by atoms with E-state index in [1.54, 1.807) is 0 Å². The second-order valence-electron chi connectivity index (χ2n) is 6.40. The molecule has 1 spiro atoms. The number of nitriles is 1. The number of rotatable bonds is 2. The average molecular weight is 269 g/mol. The van der Waals surface area contributed by atoms with E-state index in [1.165, 1.54) is 0 Å². The van der Waals surface area contributed by atoms with Gasteiger partial charge in [0, 0.05) is 0 Å². The molecule has 1 aliphatic carbocycles. The molecule has 0 amide bonds.